The molecular weight excluding hydrogens is 376 g/mol. The van der Waals surface area contributed by atoms with Crippen molar-refractivity contribution in [2.75, 3.05) is 12.3 Å². The van der Waals surface area contributed by atoms with Gasteiger partial charge in [0.25, 0.3) is 15.9 Å². The first-order valence-corrected chi connectivity index (χ1v) is 10.4. The van der Waals surface area contributed by atoms with Crippen LogP contribution in [0.5, 0.6) is 0 Å². The summed E-state index contributed by atoms with van der Waals surface area (Å²) in [6.45, 7) is 0.866. The van der Waals surface area contributed by atoms with E-state index in [4.69, 9.17) is 0 Å². The summed E-state index contributed by atoms with van der Waals surface area (Å²) in [6, 6.07) is 15.4. The van der Waals surface area contributed by atoms with E-state index in [0.29, 0.717) is 23.4 Å². The minimum Gasteiger partial charge on any atom is -0.330 e. The molecule has 2 aromatic rings. The van der Waals surface area contributed by atoms with Crippen LogP contribution in [0, 0.1) is 0 Å². The number of nitrogens with zero attached hydrogens (tertiary/aromatic N) is 4. The smallest absolute Gasteiger partial charge is 0.280 e. The molecule has 0 atom stereocenters. The fourth-order valence-corrected chi connectivity index (χ4v) is 3.95. The number of sulfonamides is 1. The van der Waals surface area contributed by atoms with Gasteiger partial charge in [0, 0.05) is 25.5 Å². The maximum Gasteiger partial charge on any atom is 0.280 e. The van der Waals surface area contributed by atoms with E-state index in [1.807, 2.05) is 53.2 Å². The normalized spacial score (nSPS) is 18.3. The summed E-state index contributed by atoms with van der Waals surface area (Å²) >= 11 is 0. The number of fused-ring (bicyclic) bond motifs is 1. The SMILES string of the molecule is O=C(N=c1ccccn1Cc1ccccc1)C1=CN2CCS(=O)(=O)N=C2C=C1. The molecule has 0 radical (unpaired) electrons. The molecule has 8 heteroatoms. The Morgan fingerprint density at radius 1 is 1.07 bits per heavy atom. The molecule has 3 heterocycles. The van der Waals surface area contributed by atoms with Crippen molar-refractivity contribution in [3.05, 3.63) is 89.7 Å². The van der Waals surface area contributed by atoms with Gasteiger partial charge in [0.1, 0.15) is 11.3 Å². The molecule has 7 nitrogen and oxygen atoms in total. The average molecular weight is 394 g/mol. The molecule has 0 bridgehead atoms. The molecule has 28 heavy (non-hydrogen) atoms. The summed E-state index contributed by atoms with van der Waals surface area (Å²) in [7, 11) is -3.42. The van der Waals surface area contributed by atoms with Gasteiger partial charge in [-0.05, 0) is 29.8 Å². The summed E-state index contributed by atoms with van der Waals surface area (Å²) in [6.07, 6.45) is 6.56. The van der Waals surface area contributed by atoms with Crippen molar-refractivity contribution in [2.45, 2.75) is 6.54 Å². The third-order valence-electron chi connectivity index (χ3n) is 4.40. The highest BCUT2D eigenvalue weighted by Gasteiger charge is 2.24. The van der Waals surface area contributed by atoms with Crippen molar-refractivity contribution in [2.24, 2.45) is 9.39 Å². The van der Waals surface area contributed by atoms with Crippen molar-refractivity contribution >= 4 is 21.8 Å². The van der Waals surface area contributed by atoms with Crippen molar-refractivity contribution < 1.29 is 13.2 Å². The van der Waals surface area contributed by atoms with E-state index in [0.717, 1.165) is 5.56 Å². The van der Waals surface area contributed by atoms with E-state index in [1.54, 1.807) is 23.2 Å². The van der Waals surface area contributed by atoms with E-state index >= 15 is 0 Å². The molecule has 0 fully saturated rings. The fourth-order valence-electron chi connectivity index (χ4n) is 2.98. The number of carbonyl (C=O) groups excluding carboxylic acids is 1. The maximum absolute atomic E-state index is 12.7. The van der Waals surface area contributed by atoms with Crippen LogP contribution in [0.2, 0.25) is 0 Å². The van der Waals surface area contributed by atoms with E-state index in [2.05, 4.69) is 9.39 Å². The molecule has 1 aromatic heterocycles. The van der Waals surface area contributed by atoms with Crippen molar-refractivity contribution in [3.8, 4) is 0 Å². The number of amidine groups is 1. The fraction of sp³-hybridized carbons (Fsp3) is 0.150. The summed E-state index contributed by atoms with van der Waals surface area (Å²) in [5.74, 6) is -0.145. The molecule has 1 aromatic carbocycles. The number of carbonyl (C=O) groups is 1. The van der Waals surface area contributed by atoms with Gasteiger partial charge in [-0.2, -0.15) is 4.99 Å². The second-order valence-corrected chi connectivity index (χ2v) is 8.19. The van der Waals surface area contributed by atoms with Crippen LogP contribution in [0.15, 0.2) is 88.0 Å². The molecular formula is C20H18N4O3S. The molecule has 2 aliphatic heterocycles. The van der Waals surface area contributed by atoms with E-state index in [1.165, 1.54) is 6.08 Å². The maximum atomic E-state index is 12.7. The first-order chi connectivity index (χ1) is 13.5. The quantitative estimate of drug-likeness (QED) is 0.789. The minimum absolute atomic E-state index is 0.0742. The largest absolute Gasteiger partial charge is 0.330 e. The zero-order valence-corrected chi connectivity index (χ0v) is 15.8. The van der Waals surface area contributed by atoms with Gasteiger partial charge in [-0.25, -0.2) is 8.42 Å². The van der Waals surface area contributed by atoms with Gasteiger partial charge in [0.05, 0.1) is 11.3 Å². The summed E-state index contributed by atoms with van der Waals surface area (Å²) < 4.78 is 28.8. The summed E-state index contributed by atoms with van der Waals surface area (Å²) in [4.78, 5) is 18.6. The van der Waals surface area contributed by atoms with Crippen LogP contribution in [0.3, 0.4) is 0 Å². The molecule has 0 unspecified atom stereocenters. The van der Waals surface area contributed by atoms with Crippen LogP contribution >= 0.6 is 0 Å². The van der Waals surface area contributed by atoms with Gasteiger partial charge >= 0.3 is 0 Å². The van der Waals surface area contributed by atoms with Crippen molar-refractivity contribution in [1.82, 2.24) is 9.47 Å². The van der Waals surface area contributed by atoms with Gasteiger partial charge in [-0.15, -0.1) is 4.40 Å². The second kappa shape index (κ2) is 7.40. The Morgan fingerprint density at radius 2 is 1.86 bits per heavy atom. The monoisotopic (exact) mass is 394 g/mol. The van der Waals surface area contributed by atoms with E-state index in [9.17, 15) is 13.2 Å². The predicted molar refractivity (Wildman–Crippen MR) is 106 cm³/mol. The summed E-state index contributed by atoms with van der Waals surface area (Å²) in [5, 5.41) is 0. The summed E-state index contributed by atoms with van der Waals surface area (Å²) in [5.41, 5.74) is 2.04. The molecule has 142 valence electrons. The topological polar surface area (TPSA) is 84.1 Å². The Morgan fingerprint density at radius 3 is 2.68 bits per heavy atom. The number of aromatic nitrogens is 1. The Hall–Kier alpha value is -3.26. The number of pyridine rings is 1. The number of rotatable bonds is 3. The Bertz CT molecular complexity index is 1180. The van der Waals surface area contributed by atoms with Crippen LogP contribution in [-0.2, 0) is 21.4 Å². The first-order valence-electron chi connectivity index (χ1n) is 8.78. The van der Waals surface area contributed by atoms with Crippen LogP contribution in [0.1, 0.15) is 5.56 Å². The molecule has 4 rings (SSSR count). The Kier molecular flexibility index (Phi) is 4.79. The molecule has 2 aliphatic rings. The molecule has 1 amide bonds. The number of benzene rings is 1. The highest BCUT2D eigenvalue weighted by molar-refractivity contribution is 7.90. The lowest BCUT2D eigenvalue weighted by atomic mass is 10.2. The Balaban J connectivity index is 1.62. The van der Waals surface area contributed by atoms with Crippen LogP contribution in [0.4, 0.5) is 0 Å². The third kappa shape index (κ3) is 4.01. The highest BCUT2D eigenvalue weighted by atomic mass is 32.2. The lowest BCUT2D eigenvalue weighted by molar-refractivity contribution is -0.114. The van der Waals surface area contributed by atoms with Gasteiger partial charge in [0.2, 0.25) is 0 Å². The van der Waals surface area contributed by atoms with E-state index in [-0.39, 0.29) is 12.3 Å². The predicted octanol–water partition coefficient (Wildman–Crippen LogP) is 1.46. The van der Waals surface area contributed by atoms with Gasteiger partial charge < -0.3 is 9.47 Å². The third-order valence-corrected chi connectivity index (χ3v) is 5.56. The molecule has 0 N–H and O–H groups in total. The minimum atomic E-state index is -3.42. The number of hydrogen-bond acceptors (Lipinski definition) is 4. The molecule has 0 saturated carbocycles. The number of amides is 1. The molecule has 0 aliphatic carbocycles. The molecule has 0 saturated heterocycles. The second-order valence-electron chi connectivity index (χ2n) is 6.44. The first kappa shape index (κ1) is 18.1. The lowest BCUT2D eigenvalue weighted by Gasteiger charge is -2.26. The van der Waals surface area contributed by atoms with Crippen LogP contribution < -0.4 is 5.49 Å². The highest BCUT2D eigenvalue weighted by Crippen LogP contribution is 2.16. The van der Waals surface area contributed by atoms with Crippen molar-refractivity contribution in [3.63, 3.8) is 0 Å². The number of hydrogen-bond donors (Lipinski definition) is 0. The van der Waals surface area contributed by atoms with Crippen molar-refractivity contribution in [1.29, 1.82) is 0 Å². The zero-order chi connectivity index (χ0) is 19.6. The standard InChI is InChI=1S/C20H18N4O3S/c25-20(17-9-10-19-22-28(26,27)13-12-24(19)15-17)21-18-8-4-5-11-23(18)14-16-6-2-1-3-7-16/h1-11,15H,12-14H2. The average Bonchev–Trinajstić information content (AvgIpc) is 2.69. The Labute approximate surface area is 162 Å². The molecule has 0 spiro atoms. The van der Waals surface area contributed by atoms with Crippen LogP contribution in [0.25, 0.3) is 0 Å². The zero-order valence-electron chi connectivity index (χ0n) is 15.0. The van der Waals surface area contributed by atoms with Gasteiger partial charge in [-0.1, -0.05) is 36.4 Å². The van der Waals surface area contributed by atoms with E-state index < -0.39 is 15.9 Å². The van der Waals surface area contributed by atoms with Crippen LogP contribution in [-0.4, -0.2) is 41.9 Å². The van der Waals surface area contributed by atoms with Gasteiger partial charge in [0.15, 0.2) is 0 Å². The van der Waals surface area contributed by atoms with Gasteiger partial charge in [-0.3, -0.25) is 4.79 Å². The lowest BCUT2D eigenvalue weighted by Crippen LogP contribution is -2.37.